The van der Waals surface area contributed by atoms with Crippen molar-refractivity contribution in [1.82, 2.24) is 34.1 Å². The van der Waals surface area contributed by atoms with Gasteiger partial charge in [-0.05, 0) is 148 Å². The maximum Gasteiger partial charge on any atom is 0.169 e. The second-order valence-electron chi connectivity index (χ2n) is 24.1. The van der Waals surface area contributed by atoms with Crippen molar-refractivity contribution in [2.45, 2.75) is 99.3 Å². The lowest BCUT2D eigenvalue weighted by atomic mass is 9.92. The Labute approximate surface area is 534 Å². The molecular weight excluding hydrogens is 1160 g/mol. The second kappa shape index (κ2) is 27.0. The summed E-state index contributed by atoms with van der Waals surface area (Å²) in [5.74, 6) is 4.89. The van der Waals surface area contributed by atoms with E-state index in [4.69, 9.17) is 21.8 Å². The molecule has 13 aromatic rings. The molecule has 0 fully saturated rings. The molecule has 0 atom stereocenters. The molecule has 0 unspecified atom stereocenters. The number of aryl methyl sites for hydroxylation is 2. The maximum absolute atomic E-state index is 9.96. The van der Waals surface area contributed by atoms with E-state index in [2.05, 4.69) is 329 Å². The Morgan fingerprint density at radius 2 is 0.697 bits per heavy atom. The Morgan fingerprint density at radius 1 is 0.371 bits per heavy atom. The number of benzene rings is 10. The lowest BCUT2D eigenvalue weighted by molar-refractivity contribution is 0.636. The van der Waals surface area contributed by atoms with Gasteiger partial charge in [-0.1, -0.05) is 253 Å². The van der Waals surface area contributed by atoms with E-state index in [1.807, 2.05) is 0 Å². The number of halogens is 2. The Hall–Kier alpha value is -9.31. The summed E-state index contributed by atoms with van der Waals surface area (Å²) in [7, 11) is -1.00. The van der Waals surface area contributed by atoms with Crippen LogP contribution in [0.15, 0.2) is 235 Å². The third-order valence-corrected chi connectivity index (χ3v) is 17.5. The van der Waals surface area contributed by atoms with Crippen LogP contribution in [0.25, 0.3) is 95.5 Å². The average Bonchev–Trinajstić information content (AvgIpc) is 1.56. The first kappa shape index (κ1) is 60.0. The third-order valence-electron chi connectivity index (χ3n) is 17.0. The van der Waals surface area contributed by atoms with Gasteiger partial charge >= 0.3 is 0 Å². The van der Waals surface area contributed by atoms with Gasteiger partial charge in [0.25, 0.3) is 0 Å². The molecule has 14 rings (SSSR count). The first-order valence-corrected chi connectivity index (χ1v) is 31.6. The minimum Gasteiger partial charge on any atom is -0.309 e. The van der Waals surface area contributed by atoms with Crippen LogP contribution in [0.3, 0.4) is 0 Å². The van der Waals surface area contributed by atoms with Crippen LogP contribution in [0.1, 0.15) is 125 Å². The van der Waals surface area contributed by atoms with Crippen LogP contribution >= 0.6 is 15.9 Å². The molecule has 10 aromatic carbocycles. The summed E-state index contributed by atoms with van der Waals surface area (Å²) < 4.78 is 23.5. The molecule has 446 valence electrons. The van der Waals surface area contributed by atoms with Gasteiger partial charge in [0, 0.05) is 43.2 Å². The minimum atomic E-state index is -1.00. The molecule has 0 aliphatic heterocycles. The van der Waals surface area contributed by atoms with Crippen molar-refractivity contribution in [2.75, 3.05) is 7.15 Å². The van der Waals surface area contributed by atoms with Crippen LogP contribution in [0, 0.1) is 13.8 Å². The van der Waals surface area contributed by atoms with Crippen LogP contribution < -0.4 is 0 Å². The zero-order valence-corrected chi connectivity index (χ0v) is 54.1. The molecule has 7 nitrogen and oxygen atoms in total. The molecule has 0 saturated carbocycles. The summed E-state index contributed by atoms with van der Waals surface area (Å²) in [4.78, 5) is 0. The first-order chi connectivity index (χ1) is 43.7. The summed E-state index contributed by atoms with van der Waals surface area (Å²) >= 11 is 3.55. The zero-order chi connectivity index (χ0) is 63.2. The third kappa shape index (κ3) is 12.2. The van der Waals surface area contributed by atoms with E-state index in [-0.39, 0.29) is 0 Å². The molecule has 1 aliphatic rings. The number of para-hydroxylation sites is 4. The normalized spacial score (nSPS) is 11.7. The summed E-state index contributed by atoms with van der Waals surface area (Å²) in [6, 6.07) is 81.8. The molecule has 0 radical (unpaired) electrons. The highest BCUT2D eigenvalue weighted by Crippen LogP contribution is 2.42. The Balaban J connectivity index is 0.000000153. The van der Waals surface area contributed by atoms with Crippen LogP contribution in [0.5, 0.6) is 0 Å². The van der Waals surface area contributed by atoms with E-state index in [0.29, 0.717) is 23.7 Å². The van der Waals surface area contributed by atoms with E-state index in [1.165, 1.54) is 88.8 Å². The van der Waals surface area contributed by atoms with Gasteiger partial charge in [-0.15, -0.1) is 20.4 Å². The number of hydrogen-bond acceptors (Lipinski definition) is 4. The first-order valence-electron chi connectivity index (χ1n) is 31.5. The largest absolute Gasteiger partial charge is 0.309 e. The lowest BCUT2D eigenvalue weighted by Crippen LogP contribution is -2.10. The molecule has 0 bridgehead atoms. The molecule has 3 aromatic heterocycles. The van der Waals surface area contributed by atoms with Gasteiger partial charge in [0.2, 0.25) is 0 Å². The van der Waals surface area contributed by atoms with Crippen molar-refractivity contribution in [3.05, 3.63) is 280 Å². The molecule has 0 N–H and O–H groups in total. The van der Waals surface area contributed by atoms with Crippen LogP contribution in [0.2, 0.25) is 0 Å². The van der Waals surface area contributed by atoms with E-state index < -0.39 is 7.15 Å². The summed E-state index contributed by atoms with van der Waals surface area (Å²) in [6.07, 6.45) is 1.10. The highest BCUT2D eigenvalue weighted by Gasteiger charge is 2.27. The van der Waals surface area contributed by atoms with Gasteiger partial charge in [-0.25, -0.2) is 0 Å². The Morgan fingerprint density at radius 3 is 1.08 bits per heavy atom. The van der Waals surface area contributed by atoms with Crippen LogP contribution in [-0.2, 0) is 6.42 Å². The highest BCUT2D eigenvalue weighted by atomic mass is 79.9. The number of aromatic nitrogens is 7. The van der Waals surface area contributed by atoms with Crippen molar-refractivity contribution >= 4 is 37.7 Å². The molecule has 0 spiro atoms. The standard InChI is InChI=1S/C39H36N4.C27H28BrN3.C13H10.CH3F/c1-25(2)30-17-12-18-31(26(3)4)37(30)43-38(40-41-39(43)32-14-7-6-13-27(32)5)28-21-23-29(24-22-28)42-35-19-10-8-15-33(35)34-16-9-11-20-36(34)42;1-17(2)22-11-8-12-23(18(3)4)25(22)31-26(20-13-15-21(28)16-14-20)29-30-27(31)24-10-7-6-9-19(24)5;1-3-7-12-10(5-1)9-11-6-2-4-8-13(11)12;1-2/h6-26H,1-5H3;6-18H,1-5H3;1-8H,9H2;1H3/i;;;1D. The fourth-order valence-corrected chi connectivity index (χ4v) is 12.8. The zero-order valence-electron chi connectivity index (χ0n) is 53.5. The average molecular weight is 1240 g/mol. The molecule has 0 amide bonds. The van der Waals surface area contributed by atoms with Gasteiger partial charge in [-0.3, -0.25) is 13.5 Å². The van der Waals surface area contributed by atoms with Crippen molar-refractivity contribution in [1.29, 1.82) is 0 Å². The minimum absolute atomic E-state index is 0.339. The highest BCUT2D eigenvalue weighted by molar-refractivity contribution is 9.10. The van der Waals surface area contributed by atoms with Gasteiger partial charge < -0.3 is 4.57 Å². The SMILES string of the molecule is Cc1ccccc1-c1nnc(-c2ccc(-n3c4ccccc4c4ccccc43)cc2)n1-c1c(C(C)C)cccc1C(C)C.Cc1ccccc1-c1nnc(-c2ccc(Br)cc2)n1-c1c(C(C)C)cccc1C(C)C.[2H]CF.c1ccc2c(c1)Cc1ccccc1-2. The van der Waals surface area contributed by atoms with Gasteiger partial charge in [0.1, 0.15) is 0 Å². The number of hydrogen-bond donors (Lipinski definition) is 0. The van der Waals surface area contributed by atoms with E-state index in [9.17, 15) is 4.39 Å². The van der Waals surface area contributed by atoms with Crippen molar-refractivity contribution in [3.63, 3.8) is 0 Å². The van der Waals surface area contributed by atoms with E-state index >= 15 is 0 Å². The smallest absolute Gasteiger partial charge is 0.169 e. The molecule has 1 aliphatic carbocycles. The van der Waals surface area contributed by atoms with Gasteiger partial charge in [0.15, 0.2) is 23.3 Å². The van der Waals surface area contributed by atoms with Gasteiger partial charge in [0.05, 0.1) is 30.9 Å². The van der Waals surface area contributed by atoms with Crippen molar-refractivity contribution in [2.24, 2.45) is 0 Å². The van der Waals surface area contributed by atoms with E-state index in [0.717, 1.165) is 62.1 Å². The number of nitrogens with zero attached hydrogens (tertiary/aromatic N) is 7. The van der Waals surface area contributed by atoms with Crippen LogP contribution in [-0.4, -0.2) is 41.2 Å². The van der Waals surface area contributed by atoms with Crippen molar-refractivity contribution < 1.29 is 5.76 Å². The fourth-order valence-electron chi connectivity index (χ4n) is 12.5. The summed E-state index contributed by atoms with van der Waals surface area (Å²) in [5.41, 5.74) is 23.5. The Kier molecular flexibility index (Phi) is 18.2. The van der Waals surface area contributed by atoms with Gasteiger partial charge in [-0.2, -0.15) is 0 Å². The topological polar surface area (TPSA) is 66.3 Å². The number of rotatable bonds is 11. The fraction of sp³-hybridized carbons (Fsp3) is 0.200. The maximum atomic E-state index is 9.96. The molecule has 9 heteroatoms. The molecule has 3 heterocycles. The molecule has 0 saturated heterocycles. The molecular formula is C80H77BrFN7. The number of alkyl halides is 1. The van der Waals surface area contributed by atoms with Crippen molar-refractivity contribution in [3.8, 4) is 73.7 Å². The monoisotopic (exact) mass is 1230 g/mol. The predicted molar refractivity (Wildman–Crippen MR) is 374 cm³/mol. The van der Waals surface area contributed by atoms with E-state index in [1.54, 1.807) is 0 Å². The summed E-state index contributed by atoms with van der Waals surface area (Å²) in [5, 5.41) is 21.7. The van der Waals surface area contributed by atoms with Crippen LogP contribution in [0.4, 0.5) is 4.39 Å². The molecule has 89 heavy (non-hydrogen) atoms. The summed E-state index contributed by atoms with van der Waals surface area (Å²) in [6.45, 7) is 22.3. The number of fused-ring (bicyclic) bond motifs is 6. The predicted octanol–water partition coefficient (Wildman–Crippen LogP) is 22.0. The second-order valence-corrected chi connectivity index (χ2v) is 25.0. The quantitative estimate of drug-likeness (QED) is 0.129. The lowest BCUT2D eigenvalue weighted by Gasteiger charge is -2.23. The Bertz CT molecular complexity index is 4480.